The van der Waals surface area contributed by atoms with Gasteiger partial charge in [-0.2, -0.15) is 0 Å². The average Bonchev–Trinajstić information content (AvgIpc) is 3.27. The number of amides is 1. The van der Waals surface area contributed by atoms with Crippen LogP contribution in [-0.2, 0) is 18.3 Å². The summed E-state index contributed by atoms with van der Waals surface area (Å²) in [7, 11) is 1.87. The minimum Gasteiger partial charge on any atom is -0.361 e. The van der Waals surface area contributed by atoms with Gasteiger partial charge in [-0.25, -0.2) is 9.37 Å². The molecule has 0 aliphatic heterocycles. The highest BCUT2D eigenvalue weighted by Crippen LogP contribution is 2.22. The summed E-state index contributed by atoms with van der Waals surface area (Å²) in [5.74, 6) is 0.244. The number of rotatable bonds is 5. The first kappa shape index (κ1) is 17.0. The number of benzene rings is 2. The van der Waals surface area contributed by atoms with Crippen LogP contribution in [0.1, 0.15) is 23.0 Å². The number of aromatic nitrogens is 3. The molecule has 0 bridgehead atoms. The number of H-pyrrole nitrogens is 1. The van der Waals surface area contributed by atoms with Crippen molar-refractivity contribution in [3.05, 3.63) is 89.9 Å². The van der Waals surface area contributed by atoms with Crippen LogP contribution in [0.3, 0.4) is 0 Å². The van der Waals surface area contributed by atoms with E-state index in [4.69, 9.17) is 0 Å². The lowest BCUT2D eigenvalue weighted by Gasteiger charge is -2.19. The molecule has 0 radical (unpaired) electrons. The molecule has 6 heteroatoms. The summed E-state index contributed by atoms with van der Waals surface area (Å²) in [4.78, 5) is 20.3. The molecule has 5 nitrogen and oxygen atoms in total. The molecule has 0 saturated heterocycles. The fraction of sp³-hybridized carbons (Fsp3) is 0.143. The largest absolute Gasteiger partial charge is 0.361 e. The second-order valence-electron chi connectivity index (χ2n) is 6.48. The fourth-order valence-corrected chi connectivity index (χ4v) is 3.27. The summed E-state index contributed by atoms with van der Waals surface area (Å²) >= 11 is 0. The molecular weight excluding hydrogens is 343 g/mol. The molecule has 0 aliphatic rings. The number of para-hydroxylation sites is 1. The van der Waals surface area contributed by atoms with Crippen LogP contribution in [0.4, 0.5) is 4.39 Å². The van der Waals surface area contributed by atoms with Crippen molar-refractivity contribution in [3.63, 3.8) is 0 Å². The summed E-state index contributed by atoms with van der Waals surface area (Å²) < 4.78 is 15.2. The number of carbonyl (C=O) groups is 1. The summed E-state index contributed by atoms with van der Waals surface area (Å²) in [5.41, 5.74) is 2.71. The Bertz CT molecular complexity index is 1080. The molecule has 0 aliphatic carbocycles. The zero-order valence-electron chi connectivity index (χ0n) is 14.8. The second-order valence-corrected chi connectivity index (χ2v) is 6.48. The van der Waals surface area contributed by atoms with Crippen molar-refractivity contribution in [1.82, 2.24) is 19.9 Å². The quantitative estimate of drug-likeness (QED) is 0.571. The first-order chi connectivity index (χ1) is 13.1. The Balaban J connectivity index is 1.60. The van der Waals surface area contributed by atoms with Gasteiger partial charge in [-0.3, -0.25) is 4.79 Å². The molecule has 2 aromatic heterocycles. The maximum Gasteiger partial charge on any atom is 0.225 e. The van der Waals surface area contributed by atoms with Crippen molar-refractivity contribution < 1.29 is 9.18 Å². The first-order valence-corrected chi connectivity index (χ1v) is 8.69. The van der Waals surface area contributed by atoms with Gasteiger partial charge in [0.25, 0.3) is 0 Å². The second kappa shape index (κ2) is 7.07. The standard InChI is InChI=1S/C21H19FN4O/c1-26-11-10-23-21(26)20(14-6-8-16(22)9-7-14)25-19(27)12-15-13-24-18-5-3-2-4-17(15)18/h2-11,13,20,24H,12H2,1H3,(H,25,27). The van der Waals surface area contributed by atoms with Crippen molar-refractivity contribution in [2.45, 2.75) is 12.5 Å². The molecule has 1 amide bonds. The van der Waals surface area contributed by atoms with Crippen LogP contribution in [0.25, 0.3) is 10.9 Å². The number of nitrogens with zero attached hydrogens (tertiary/aromatic N) is 2. The third kappa shape index (κ3) is 3.46. The zero-order chi connectivity index (χ0) is 18.8. The van der Waals surface area contributed by atoms with Crippen LogP contribution in [0, 0.1) is 5.82 Å². The Labute approximate surface area is 155 Å². The molecule has 0 spiro atoms. The maximum absolute atomic E-state index is 13.3. The van der Waals surface area contributed by atoms with E-state index >= 15 is 0 Å². The predicted molar refractivity (Wildman–Crippen MR) is 102 cm³/mol. The van der Waals surface area contributed by atoms with Gasteiger partial charge >= 0.3 is 0 Å². The molecule has 1 atom stereocenters. The normalized spacial score (nSPS) is 12.2. The molecule has 4 aromatic rings. The number of hydrogen-bond donors (Lipinski definition) is 2. The molecule has 2 aromatic carbocycles. The Morgan fingerprint density at radius 2 is 2.00 bits per heavy atom. The summed E-state index contributed by atoms with van der Waals surface area (Å²) in [6, 6.07) is 13.5. The van der Waals surface area contributed by atoms with Gasteiger partial charge in [0.05, 0.1) is 6.42 Å². The van der Waals surface area contributed by atoms with E-state index in [1.807, 2.05) is 48.3 Å². The summed E-state index contributed by atoms with van der Waals surface area (Å²) in [6.45, 7) is 0. The Hall–Kier alpha value is -3.41. The van der Waals surface area contributed by atoms with Crippen molar-refractivity contribution in [2.75, 3.05) is 0 Å². The highest BCUT2D eigenvalue weighted by Gasteiger charge is 2.21. The lowest BCUT2D eigenvalue weighted by molar-refractivity contribution is -0.121. The van der Waals surface area contributed by atoms with Gasteiger partial charge in [-0.1, -0.05) is 30.3 Å². The fourth-order valence-electron chi connectivity index (χ4n) is 3.27. The van der Waals surface area contributed by atoms with E-state index in [1.165, 1.54) is 12.1 Å². The molecular formula is C21H19FN4O. The molecule has 0 saturated carbocycles. The van der Waals surface area contributed by atoms with Gasteiger partial charge < -0.3 is 14.9 Å². The van der Waals surface area contributed by atoms with E-state index in [0.29, 0.717) is 5.82 Å². The Morgan fingerprint density at radius 1 is 1.22 bits per heavy atom. The third-order valence-electron chi connectivity index (χ3n) is 4.65. The van der Waals surface area contributed by atoms with Crippen molar-refractivity contribution >= 4 is 16.8 Å². The Kier molecular flexibility index (Phi) is 4.46. The Morgan fingerprint density at radius 3 is 2.74 bits per heavy atom. The SMILES string of the molecule is Cn1ccnc1C(NC(=O)Cc1c[nH]c2ccccc12)c1ccc(F)cc1. The summed E-state index contributed by atoms with van der Waals surface area (Å²) in [5, 5.41) is 4.07. The summed E-state index contributed by atoms with van der Waals surface area (Å²) in [6.07, 6.45) is 5.60. The van der Waals surface area contributed by atoms with Crippen molar-refractivity contribution in [2.24, 2.45) is 7.05 Å². The number of nitrogens with one attached hydrogen (secondary N) is 2. The lowest BCUT2D eigenvalue weighted by atomic mass is 10.0. The number of aryl methyl sites for hydroxylation is 1. The molecule has 1 unspecified atom stereocenters. The van der Waals surface area contributed by atoms with E-state index in [2.05, 4.69) is 15.3 Å². The van der Waals surface area contributed by atoms with Crippen LogP contribution in [0.2, 0.25) is 0 Å². The first-order valence-electron chi connectivity index (χ1n) is 8.69. The van der Waals surface area contributed by atoms with Gasteiger partial charge in [0.2, 0.25) is 5.91 Å². The van der Waals surface area contributed by atoms with E-state index in [9.17, 15) is 9.18 Å². The molecule has 27 heavy (non-hydrogen) atoms. The van der Waals surface area contributed by atoms with Crippen LogP contribution in [0.5, 0.6) is 0 Å². The van der Waals surface area contributed by atoms with E-state index in [1.54, 1.807) is 18.3 Å². The number of imidazole rings is 1. The van der Waals surface area contributed by atoms with E-state index in [-0.39, 0.29) is 18.1 Å². The number of hydrogen-bond acceptors (Lipinski definition) is 2. The van der Waals surface area contributed by atoms with Gasteiger partial charge in [-0.15, -0.1) is 0 Å². The minimum atomic E-state index is -0.455. The smallest absolute Gasteiger partial charge is 0.225 e. The highest BCUT2D eigenvalue weighted by molar-refractivity contribution is 5.89. The minimum absolute atomic E-state index is 0.128. The predicted octanol–water partition coefficient (Wildman–Crippen LogP) is 3.49. The zero-order valence-corrected chi connectivity index (χ0v) is 14.8. The maximum atomic E-state index is 13.3. The van der Waals surface area contributed by atoms with Crippen LogP contribution in [-0.4, -0.2) is 20.4 Å². The number of carbonyl (C=O) groups excluding carboxylic acids is 1. The van der Waals surface area contributed by atoms with Crippen molar-refractivity contribution in [3.8, 4) is 0 Å². The lowest BCUT2D eigenvalue weighted by Crippen LogP contribution is -2.32. The van der Waals surface area contributed by atoms with Gasteiger partial charge in [-0.05, 0) is 29.3 Å². The number of halogens is 1. The van der Waals surface area contributed by atoms with Gasteiger partial charge in [0.1, 0.15) is 17.7 Å². The molecule has 4 rings (SSSR count). The van der Waals surface area contributed by atoms with Gasteiger partial charge in [0.15, 0.2) is 0 Å². The van der Waals surface area contributed by atoms with Crippen LogP contribution in [0.15, 0.2) is 67.1 Å². The molecule has 2 N–H and O–H groups in total. The number of fused-ring (bicyclic) bond motifs is 1. The van der Waals surface area contributed by atoms with E-state index < -0.39 is 6.04 Å². The van der Waals surface area contributed by atoms with E-state index in [0.717, 1.165) is 22.0 Å². The third-order valence-corrected chi connectivity index (χ3v) is 4.65. The van der Waals surface area contributed by atoms with Gasteiger partial charge in [0, 0.05) is 36.5 Å². The average molecular weight is 362 g/mol. The number of aromatic amines is 1. The monoisotopic (exact) mass is 362 g/mol. The van der Waals surface area contributed by atoms with Crippen LogP contribution >= 0.6 is 0 Å². The van der Waals surface area contributed by atoms with Crippen molar-refractivity contribution in [1.29, 1.82) is 0 Å². The van der Waals surface area contributed by atoms with Crippen LogP contribution < -0.4 is 5.32 Å². The topological polar surface area (TPSA) is 62.7 Å². The molecule has 136 valence electrons. The molecule has 2 heterocycles. The molecule has 0 fully saturated rings. The highest BCUT2D eigenvalue weighted by atomic mass is 19.1.